The highest BCUT2D eigenvalue weighted by Gasteiger charge is 2.22. The van der Waals surface area contributed by atoms with Gasteiger partial charge in [-0.2, -0.15) is 0 Å². The van der Waals surface area contributed by atoms with Crippen molar-refractivity contribution in [1.82, 2.24) is 20.3 Å². The number of ether oxygens (including phenoxy) is 1. The van der Waals surface area contributed by atoms with Crippen molar-refractivity contribution in [1.29, 1.82) is 0 Å². The number of carbonyl (C=O) groups excluding carboxylic acids is 1. The Kier molecular flexibility index (Phi) is 7.69. The molecule has 0 radical (unpaired) electrons. The van der Waals surface area contributed by atoms with Crippen LogP contribution in [0.5, 0.6) is 0 Å². The minimum absolute atomic E-state index is 0.216. The lowest BCUT2D eigenvalue weighted by Gasteiger charge is -2.06. The van der Waals surface area contributed by atoms with Crippen LogP contribution in [-0.2, 0) is 17.8 Å². The van der Waals surface area contributed by atoms with Crippen LogP contribution in [0, 0.1) is 11.7 Å². The lowest BCUT2D eigenvalue weighted by Crippen LogP contribution is -2.25. The second-order valence-corrected chi connectivity index (χ2v) is 8.97. The Morgan fingerprint density at radius 3 is 2.65 bits per heavy atom. The second kappa shape index (κ2) is 11.6. The molecule has 0 atom stereocenters. The summed E-state index contributed by atoms with van der Waals surface area (Å²) in [6.45, 7) is 1.46. The summed E-state index contributed by atoms with van der Waals surface area (Å²) in [5, 5.41) is 6.03. The number of oxazole rings is 1. The van der Waals surface area contributed by atoms with E-state index in [1.165, 1.54) is 25.0 Å². The molecule has 1 aliphatic carbocycles. The first-order chi connectivity index (χ1) is 18.1. The number of nitrogens with one attached hydrogen (secondary N) is 2. The Morgan fingerprint density at radius 2 is 1.86 bits per heavy atom. The lowest BCUT2D eigenvalue weighted by atomic mass is 10.1. The third kappa shape index (κ3) is 6.91. The molecule has 0 aliphatic heterocycles. The number of anilines is 1. The number of hydrogen-bond donors (Lipinski definition) is 2. The summed E-state index contributed by atoms with van der Waals surface area (Å²) in [6.07, 6.45) is 4.75. The number of carbonyl (C=O) groups is 1. The minimum Gasteiger partial charge on any atom is -0.445 e. The van der Waals surface area contributed by atoms with Crippen molar-refractivity contribution in [3.8, 4) is 22.7 Å². The van der Waals surface area contributed by atoms with E-state index in [-0.39, 0.29) is 12.4 Å². The van der Waals surface area contributed by atoms with Gasteiger partial charge in [0.2, 0.25) is 5.95 Å². The lowest BCUT2D eigenvalue weighted by molar-refractivity contribution is 0.139. The van der Waals surface area contributed by atoms with Gasteiger partial charge in [0.05, 0.1) is 0 Å². The molecule has 9 heteroatoms. The van der Waals surface area contributed by atoms with Gasteiger partial charge in [0, 0.05) is 31.3 Å². The van der Waals surface area contributed by atoms with Crippen LogP contribution >= 0.6 is 0 Å². The normalized spacial score (nSPS) is 12.8. The summed E-state index contributed by atoms with van der Waals surface area (Å²) in [6, 6.07) is 17.4. The molecule has 8 nitrogen and oxygen atoms in total. The molecule has 190 valence electrons. The van der Waals surface area contributed by atoms with E-state index in [0.717, 1.165) is 17.7 Å². The van der Waals surface area contributed by atoms with Gasteiger partial charge in [-0.3, -0.25) is 0 Å². The predicted octanol–water partition coefficient (Wildman–Crippen LogP) is 5.62. The first-order valence-electron chi connectivity index (χ1n) is 12.4. The van der Waals surface area contributed by atoms with Crippen molar-refractivity contribution < 1.29 is 18.3 Å². The highest BCUT2D eigenvalue weighted by Crippen LogP contribution is 2.33. The molecule has 5 rings (SSSR count). The molecule has 2 heterocycles. The first kappa shape index (κ1) is 24.4. The van der Waals surface area contributed by atoms with Crippen LogP contribution in [0.1, 0.15) is 30.7 Å². The van der Waals surface area contributed by atoms with Crippen molar-refractivity contribution in [3.63, 3.8) is 0 Å². The van der Waals surface area contributed by atoms with E-state index >= 15 is 0 Å². The monoisotopic (exact) mass is 501 g/mol. The largest absolute Gasteiger partial charge is 0.445 e. The van der Waals surface area contributed by atoms with Crippen LogP contribution in [0.4, 0.5) is 15.1 Å². The van der Waals surface area contributed by atoms with Crippen LogP contribution in [0.25, 0.3) is 22.7 Å². The number of aromatic nitrogens is 3. The standard InChI is InChI=1S/C28H28FN5O3/c29-22-12-10-21(11-13-22)25-26(23-14-16-30-27(33-23)32-17-19-8-9-19)37-24(34-25)7-4-15-31-28(35)36-18-20-5-2-1-3-6-20/h1-3,5-6,10-14,16,19H,4,7-9,15,17-18H2,(H,31,35)(H,30,32,33). The van der Waals surface area contributed by atoms with Crippen molar-refractivity contribution in [2.75, 3.05) is 18.4 Å². The van der Waals surface area contributed by atoms with Crippen LogP contribution in [0.2, 0.25) is 0 Å². The Labute approximate surface area is 214 Å². The van der Waals surface area contributed by atoms with Gasteiger partial charge in [-0.1, -0.05) is 30.3 Å². The van der Waals surface area contributed by atoms with Crippen molar-refractivity contribution in [2.45, 2.75) is 32.3 Å². The molecule has 0 bridgehead atoms. The van der Waals surface area contributed by atoms with Gasteiger partial charge in [0.15, 0.2) is 11.7 Å². The molecule has 4 aromatic rings. The number of benzene rings is 2. The molecule has 1 saturated carbocycles. The molecule has 2 N–H and O–H groups in total. The van der Waals surface area contributed by atoms with Crippen LogP contribution < -0.4 is 10.6 Å². The van der Waals surface area contributed by atoms with Crippen LogP contribution in [0.15, 0.2) is 71.3 Å². The van der Waals surface area contributed by atoms with Gasteiger partial charge in [-0.25, -0.2) is 24.1 Å². The van der Waals surface area contributed by atoms with E-state index in [9.17, 15) is 9.18 Å². The number of amides is 1. The fourth-order valence-electron chi connectivity index (χ4n) is 3.78. The zero-order valence-corrected chi connectivity index (χ0v) is 20.3. The SMILES string of the molecule is O=C(NCCCc1nc(-c2ccc(F)cc2)c(-c2ccnc(NCC3CC3)n2)o1)OCc1ccccc1. The summed E-state index contributed by atoms with van der Waals surface area (Å²) in [7, 11) is 0. The Bertz CT molecular complexity index is 1320. The molecule has 37 heavy (non-hydrogen) atoms. The molecule has 0 spiro atoms. The zero-order valence-electron chi connectivity index (χ0n) is 20.3. The zero-order chi connectivity index (χ0) is 25.5. The van der Waals surface area contributed by atoms with E-state index in [0.29, 0.717) is 54.3 Å². The maximum atomic E-state index is 13.5. The van der Waals surface area contributed by atoms with Gasteiger partial charge in [0.1, 0.15) is 23.8 Å². The van der Waals surface area contributed by atoms with Crippen molar-refractivity contribution in [3.05, 3.63) is 84.1 Å². The summed E-state index contributed by atoms with van der Waals surface area (Å²) < 4.78 is 24.9. The first-order valence-corrected chi connectivity index (χ1v) is 12.4. The molecule has 0 saturated heterocycles. The Balaban J connectivity index is 1.23. The molecule has 1 aliphatic rings. The smallest absolute Gasteiger partial charge is 0.407 e. The number of nitrogens with zero attached hydrogens (tertiary/aromatic N) is 3. The number of alkyl carbamates (subject to hydrolysis) is 1. The molecule has 1 amide bonds. The highest BCUT2D eigenvalue weighted by atomic mass is 19.1. The molecule has 2 aromatic heterocycles. The molecule has 0 unspecified atom stereocenters. The quantitative estimate of drug-likeness (QED) is 0.257. The number of halogens is 1. The van der Waals surface area contributed by atoms with Crippen LogP contribution in [-0.4, -0.2) is 34.1 Å². The molecular weight excluding hydrogens is 473 g/mol. The predicted molar refractivity (Wildman–Crippen MR) is 137 cm³/mol. The fraction of sp³-hybridized carbons (Fsp3) is 0.286. The van der Waals surface area contributed by atoms with E-state index < -0.39 is 6.09 Å². The Hall–Kier alpha value is -4.27. The van der Waals surface area contributed by atoms with E-state index in [2.05, 4.69) is 25.6 Å². The maximum Gasteiger partial charge on any atom is 0.407 e. The third-order valence-corrected chi connectivity index (χ3v) is 5.97. The highest BCUT2D eigenvalue weighted by molar-refractivity contribution is 5.75. The average Bonchev–Trinajstić information content (AvgIpc) is 3.67. The van der Waals surface area contributed by atoms with Gasteiger partial charge in [-0.05, 0) is 61.1 Å². The minimum atomic E-state index is -0.476. The van der Waals surface area contributed by atoms with Crippen molar-refractivity contribution in [2.24, 2.45) is 5.92 Å². The molecular formula is C28H28FN5O3. The topological polar surface area (TPSA) is 102 Å². The van der Waals surface area contributed by atoms with E-state index in [1.807, 2.05) is 30.3 Å². The van der Waals surface area contributed by atoms with Gasteiger partial charge in [-0.15, -0.1) is 0 Å². The number of rotatable bonds is 11. The van der Waals surface area contributed by atoms with Crippen molar-refractivity contribution >= 4 is 12.0 Å². The molecule has 2 aromatic carbocycles. The average molecular weight is 502 g/mol. The van der Waals surface area contributed by atoms with Gasteiger partial charge < -0.3 is 19.8 Å². The van der Waals surface area contributed by atoms with Gasteiger partial charge in [0.25, 0.3) is 0 Å². The van der Waals surface area contributed by atoms with Gasteiger partial charge >= 0.3 is 6.09 Å². The fourth-order valence-corrected chi connectivity index (χ4v) is 3.78. The summed E-state index contributed by atoms with van der Waals surface area (Å²) in [5.41, 5.74) is 2.82. The number of hydrogen-bond acceptors (Lipinski definition) is 7. The third-order valence-electron chi connectivity index (χ3n) is 5.97. The van der Waals surface area contributed by atoms with Crippen LogP contribution in [0.3, 0.4) is 0 Å². The molecule has 1 fully saturated rings. The summed E-state index contributed by atoms with van der Waals surface area (Å²) in [4.78, 5) is 25.6. The van der Waals surface area contributed by atoms with E-state index in [4.69, 9.17) is 9.15 Å². The van der Waals surface area contributed by atoms with E-state index in [1.54, 1.807) is 24.4 Å². The summed E-state index contributed by atoms with van der Waals surface area (Å²) >= 11 is 0. The number of aryl methyl sites for hydroxylation is 1. The maximum absolute atomic E-state index is 13.5. The summed E-state index contributed by atoms with van der Waals surface area (Å²) in [5.74, 6) is 1.88. The second-order valence-electron chi connectivity index (χ2n) is 8.97. The Morgan fingerprint density at radius 1 is 1.05 bits per heavy atom.